The van der Waals surface area contributed by atoms with Crippen molar-refractivity contribution in [1.29, 1.82) is 0 Å². The third-order valence-corrected chi connectivity index (χ3v) is 4.51. The first-order chi connectivity index (χ1) is 9.54. The number of hydrogen-bond acceptors (Lipinski definition) is 2. The molecule has 2 atom stereocenters. The van der Waals surface area contributed by atoms with Gasteiger partial charge in [0, 0.05) is 12.6 Å². The summed E-state index contributed by atoms with van der Waals surface area (Å²) in [6.07, 6.45) is 3.60. The Morgan fingerprint density at radius 1 is 1.15 bits per heavy atom. The molecule has 2 aliphatic rings. The van der Waals surface area contributed by atoms with Crippen molar-refractivity contribution in [2.24, 2.45) is 5.41 Å². The van der Waals surface area contributed by atoms with Crippen LogP contribution in [0.2, 0.25) is 0 Å². The third-order valence-electron chi connectivity index (χ3n) is 4.51. The van der Waals surface area contributed by atoms with Crippen LogP contribution in [0.3, 0.4) is 0 Å². The zero-order chi connectivity index (χ0) is 14.2. The van der Waals surface area contributed by atoms with E-state index in [1.165, 1.54) is 5.56 Å². The predicted octanol–water partition coefficient (Wildman–Crippen LogP) is 3.63. The van der Waals surface area contributed by atoms with Crippen LogP contribution in [0.5, 0.6) is 0 Å². The summed E-state index contributed by atoms with van der Waals surface area (Å²) in [6.45, 7) is 9.71. The zero-order valence-corrected chi connectivity index (χ0v) is 12.8. The fourth-order valence-electron chi connectivity index (χ4n) is 3.26. The Morgan fingerprint density at radius 2 is 1.90 bits per heavy atom. The van der Waals surface area contributed by atoms with Crippen molar-refractivity contribution >= 4 is 0 Å². The van der Waals surface area contributed by atoms with Gasteiger partial charge in [0.25, 0.3) is 0 Å². The molecule has 3 rings (SSSR count). The van der Waals surface area contributed by atoms with E-state index in [0.717, 1.165) is 26.2 Å². The number of hydrogen-bond donors (Lipinski definition) is 0. The molecule has 2 nitrogen and oxygen atoms in total. The third kappa shape index (κ3) is 2.82. The SMILES string of the molecule is CC(C)(C)C1=CC2COCC(C1)N2Cc1ccccc1. The molecule has 0 saturated carbocycles. The Labute approximate surface area is 122 Å². The van der Waals surface area contributed by atoms with Gasteiger partial charge >= 0.3 is 0 Å². The van der Waals surface area contributed by atoms with Crippen LogP contribution in [0.1, 0.15) is 32.8 Å². The minimum absolute atomic E-state index is 0.284. The molecule has 0 aromatic heterocycles. The molecule has 1 aromatic carbocycles. The smallest absolute Gasteiger partial charge is 0.0658 e. The summed E-state index contributed by atoms with van der Waals surface area (Å²) in [7, 11) is 0. The summed E-state index contributed by atoms with van der Waals surface area (Å²) in [5, 5.41) is 0. The summed E-state index contributed by atoms with van der Waals surface area (Å²) < 4.78 is 5.78. The van der Waals surface area contributed by atoms with Gasteiger partial charge in [0.05, 0.1) is 19.3 Å². The number of fused-ring (bicyclic) bond motifs is 2. The second kappa shape index (κ2) is 5.34. The van der Waals surface area contributed by atoms with Gasteiger partial charge in [0.15, 0.2) is 0 Å². The monoisotopic (exact) mass is 271 g/mol. The van der Waals surface area contributed by atoms with Crippen LogP contribution in [0.25, 0.3) is 0 Å². The Hall–Kier alpha value is -1.12. The zero-order valence-electron chi connectivity index (χ0n) is 12.8. The van der Waals surface area contributed by atoms with Gasteiger partial charge in [-0.2, -0.15) is 0 Å². The van der Waals surface area contributed by atoms with Crippen molar-refractivity contribution in [1.82, 2.24) is 4.90 Å². The fraction of sp³-hybridized carbons (Fsp3) is 0.556. The Kier molecular flexibility index (Phi) is 3.70. The van der Waals surface area contributed by atoms with E-state index in [-0.39, 0.29) is 5.41 Å². The number of ether oxygens (including phenoxy) is 1. The second-order valence-corrected chi connectivity index (χ2v) is 7.06. The van der Waals surface area contributed by atoms with Gasteiger partial charge in [-0.3, -0.25) is 4.90 Å². The van der Waals surface area contributed by atoms with E-state index < -0.39 is 0 Å². The van der Waals surface area contributed by atoms with E-state index in [4.69, 9.17) is 4.74 Å². The highest BCUT2D eigenvalue weighted by Crippen LogP contribution is 2.37. The summed E-state index contributed by atoms with van der Waals surface area (Å²) in [5.41, 5.74) is 3.28. The van der Waals surface area contributed by atoms with Crippen molar-refractivity contribution in [3.05, 3.63) is 47.5 Å². The van der Waals surface area contributed by atoms with E-state index in [9.17, 15) is 0 Å². The van der Waals surface area contributed by atoms with E-state index in [1.54, 1.807) is 5.57 Å². The van der Waals surface area contributed by atoms with Crippen LogP contribution in [0, 0.1) is 5.41 Å². The van der Waals surface area contributed by atoms with Gasteiger partial charge in [-0.25, -0.2) is 0 Å². The minimum Gasteiger partial charge on any atom is -0.378 e. The molecular formula is C18H25NO. The van der Waals surface area contributed by atoms with Crippen molar-refractivity contribution in [2.45, 2.75) is 45.8 Å². The maximum Gasteiger partial charge on any atom is 0.0658 e. The first-order valence-electron chi connectivity index (χ1n) is 7.62. The maximum atomic E-state index is 5.78. The second-order valence-electron chi connectivity index (χ2n) is 7.06. The molecule has 108 valence electrons. The Bertz CT molecular complexity index is 486. The Morgan fingerprint density at radius 3 is 2.55 bits per heavy atom. The van der Waals surface area contributed by atoms with Crippen LogP contribution in [0.4, 0.5) is 0 Å². The predicted molar refractivity (Wildman–Crippen MR) is 82.5 cm³/mol. The molecule has 2 heteroatoms. The highest BCUT2D eigenvalue weighted by Gasteiger charge is 2.37. The van der Waals surface area contributed by atoms with Crippen LogP contribution in [-0.4, -0.2) is 30.2 Å². The molecular weight excluding hydrogens is 246 g/mol. The van der Waals surface area contributed by atoms with Crippen LogP contribution in [0.15, 0.2) is 42.0 Å². The van der Waals surface area contributed by atoms with Gasteiger partial charge < -0.3 is 4.74 Å². The molecule has 1 saturated heterocycles. The average Bonchev–Trinajstić information content (AvgIpc) is 2.38. The van der Waals surface area contributed by atoms with Crippen molar-refractivity contribution in [2.75, 3.05) is 13.2 Å². The Balaban J connectivity index is 1.82. The summed E-state index contributed by atoms with van der Waals surface area (Å²) in [4.78, 5) is 2.62. The molecule has 2 aliphatic heterocycles. The van der Waals surface area contributed by atoms with Gasteiger partial charge in [-0.1, -0.05) is 62.8 Å². The van der Waals surface area contributed by atoms with Crippen molar-refractivity contribution in [3.63, 3.8) is 0 Å². The van der Waals surface area contributed by atoms with Gasteiger partial charge in [-0.15, -0.1) is 0 Å². The lowest BCUT2D eigenvalue weighted by Crippen LogP contribution is -2.54. The normalized spacial score (nSPS) is 27.2. The van der Waals surface area contributed by atoms with Crippen molar-refractivity contribution < 1.29 is 4.74 Å². The summed E-state index contributed by atoms with van der Waals surface area (Å²) >= 11 is 0. The lowest BCUT2D eigenvalue weighted by atomic mass is 9.78. The van der Waals surface area contributed by atoms with E-state index >= 15 is 0 Å². The molecule has 2 heterocycles. The lowest BCUT2D eigenvalue weighted by Gasteiger charge is -2.46. The first-order valence-corrected chi connectivity index (χ1v) is 7.62. The van der Waals surface area contributed by atoms with E-state index in [1.807, 2.05) is 0 Å². The quantitative estimate of drug-likeness (QED) is 0.762. The molecule has 2 bridgehead atoms. The van der Waals surface area contributed by atoms with Gasteiger partial charge in [-0.05, 0) is 17.4 Å². The van der Waals surface area contributed by atoms with Crippen LogP contribution in [-0.2, 0) is 11.3 Å². The maximum absolute atomic E-state index is 5.78. The standard InChI is InChI=1S/C18H25NO/c1-18(2,3)15-9-16-12-20-13-17(10-15)19(16)11-14-7-5-4-6-8-14/h4-9,16-17H,10-13H2,1-3H3. The summed E-state index contributed by atoms with van der Waals surface area (Å²) in [5.74, 6) is 0. The molecule has 0 spiro atoms. The van der Waals surface area contributed by atoms with E-state index in [0.29, 0.717) is 12.1 Å². The first kappa shape index (κ1) is 13.8. The van der Waals surface area contributed by atoms with Gasteiger partial charge in [0.1, 0.15) is 0 Å². The van der Waals surface area contributed by atoms with Gasteiger partial charge in [0.2, 0.25) is 0 Å². The molecule has 0 amide bonds. The largest absolute Gasteiger partial charge is 0.378 e. The van der Waals surface area contributed by atoms with E-state index in [2.05, 4.69) is 62.1 Å². The highest BCUT2D eigenvalue weighted by atomic mass is 16.5. The molecule has 1 aromatic rings. The molecule has 0 aliphatic carbocycles. The average molecular weight is 271 g/mol. The van der Waals surface area contributed by atoms with Crippen LogP contribution < -0.4 is 0 Å². The lowest BCUT2D eigenvalue weighted by molar-refractivity contribution is -0.0460. The highest BCUT2D eigenvalue weighted by molar-refractivity contribution is 5.23. The molecule has 0 N–H and O–H groups in total. The minimum atomic E-state index is 0.284. The number of benzene rings is 1. The molecule has 20 heavy (non-hydrogen) atoms. The molecule has 1 fully saturated rings. The summed E-state index contributed by atoms with van der Waals surface area (Å²) in [6, 6.07) is 11.8. The fourth-order valence-corrected chi connectivity index (χ4v) is 3.26. The topological polar surface area (TPSA) is 12.5 Å². The number of rotatable bonds is 2. The number of morpholine rings is 1. The van der Waals surface area contributed by atoms with Crippen LogP contribution >= 0.6 is 0 Å². The number of nitrogens with zero attached hydrogens (tertiary/aromatic N) is 1. The molecule has 2 unspecified atom stereocenters. The van der Waals surface area contributed by atoms with Crippen molar-refractivity contribution in [3.8, 4) is 0 Å². The molecule has 0 radical (unpaired) electrons.